The zero-order valence-electron chi connectivity index (χ0n) is 13.5. The predicted octanol–water partition coefficient (Wildman–Crippen LogP) is 3.67. The molecule has 0 saturated carbocycles. The van der Waals surface area contributed by atoms with E-state index in [4.69, 9.17) is 16.3 Å². The first-order valence-electron chi connectivity index (χ1n) is 7.59. The van der Waals surface area contributed by atoms with Gasteiger partial charge in [-0.1, -0.05) is 23.7 Å². The molecule has 1 aliphatic heterocycles. The fourth-order valence-corrected chi connectivity index (χ4v) is 2.98. The third-order valence-electron chi connectivity index (χ3n) is 3.93. The molecule has 1 aliphatic rings. The Morgan fingerprint density at radius 1 is 1.32 bits per heavy atom. The molecule has 4 nitrogen and oxygen atoms in total. The molecule has 1 fully saturated rings. The summed E-state index contributed by atoms with van der Waals surface area (Å²) in [5.41, 5.74) is 0.567. The lowest BCUT2D eigenvalue weighted by Crippen LogP contribution is -2.36. The second-order valence-electron chi connectivity index (χ2n) is 6.95. The topological polar surface area (TPSA) is 49.8 Å². The van der Waals surface area contributed by atoms with Crippen molar-refractivity contribution in [3.63, 3.8) is 0 Å². The Bertz CT molecular complexity index is 522. The molecule has 0 radical (unpaired) electrons. The van der Waals surface area contributed by atoms with Gasteiger partial charge >= 0.3 is 6.09 Å². The fraction of sp³-hybridized carbons (Fsp3) is 0.588. The van der Waals surface area contributed by atoms with E-state index in [-0.39, 0.29) is 17.9 Å². The monoisotopic (exact) mass is 325 g/mol. The van der Waals surface area contributed by atoms with Crippen LogP contribution in [0.15, 0.2) is 24.3 Å². The van der Waals surface area contributed by atoms with Gasteiger partial charge in [-0.3, -0.25) is 0 Å². The van der Waals surface area contributed by atoms with Crippen LogP contribution in [0, 0.1) is 5.92 Å². The summed E-state index contributed by atoms with van der Waals surface area (Å²) in [4.78, 5) is 13.9. The largest absolute Gasteiger partial charge is 0.444 e. The van der Waals surface area contributed by atoms with Crippen LogP contribution in [0.3, 0.4) is 0 Å². The van der Waals surface area contributed by atoms with Gasteiger partial charge in [0.05, 0.1) is 6.10 Å². The minimum atomic E-state index is -0.518. The predicted molar refractivity (Wildman–Crippen MR) is 87.2 cm³/mol. The average Bonchev–Trinajstić information content (AvgIpc) is 2.83. The number of carbonyl (C=O) groups is 1. The third kappa shape index (κ3) is 4.14. The standard InChI is InChI=1S/C17H24ClNO3/c1-11(20)14-9-19(16(21)22-17(2,3)4)10-15(14)12-5-7-13(18)8-6-12/h5-8,11,14-15,20H,9-10H2,1-4H3/t11?,14-,15-/m0/s1. The third-order valence-corrected chi connectivity index (χ3v) is 4.19. The Balaban J connectivity index is 2.16. The zero-order chi connectivity index (χ0) is 16.5. The molecule has 1 aromatic carbocycles. The van der Waals surface area contributed by atoms with Gasteiger partial charge in [0, 0.05) is 29.9 Å². The van der Waals surface area contributed by atoms with Crippen LogP contribution in [0.5, 0.6) is 0 Å². The lowest BCUT2D eigenvalue weighted by molar-refractivity contribution is 0.0273. The van der Waals surface area contributed by atoms with Crippen LogP contribution < -0.4 is 0 Å². The van der Waals surface area contributed by atoms with E-state index in [0.29, 0.717) is 18.1 Å². The Hall–Kier alpha value is -1.26. The van der Waals surface area contributed by atoms with E-state index in [1.807, 2.05) is 45.0 Å². The van der Waals surface area contributed by atoms with Gasteiger partial charge in [-0.05, 0) is 45.4 Å². The molecule has 22 heavy (non-hydrogen) atoms. The van der Waals surface area contributed by atoms with Crippen molar-refractivity contribution in [2.24, 2.45) is 5.92 Å². The molecular formula is C17H24ClNO3. The summed E-state index contributed by atoms with van der Waals surface area (Å²) in [5, 5.41) is 10.7. The molecule has 2 rings (SSSR count). The second-order valence-corrected chi connectivity index (χ2v) is 7.38. The quantitative estimate of drug-likeness (QED) is 0.902. The summed E-state index contributed by atoms with van der Waals surface area (Å²) < 4.78 is 5.44. The Morgan fingerprint density at radius 2 is 1.91 bits per heavy atom. The van der Waals surface area contributed by atoms with Crippen LogP contribution in [-0.2, 0) is 4.74 Å². The average molecular weight is 326 g/mol. The normalized spacial score (nSPS) is 23.5. The van der Waals surface area contributed by atoms with Gasteiger partial charge in [-0.15, -0.1) is 0 Å². The molecule has 1 N–H and O–H groups in total. The zero-order valence-corrected chi connectivity index (χ0v) is 14.3. The number of hydrogen-bond acceptors (Lipinski definition) is 3. The first-order valence-corrected chi connectivity index (χ1v) is 7.96. The van der Waals surface area contributed by atoms with Crippen molar-refractivity contribution >= 4 is 17.7 Å². The smallest absolute Gasteiger partial charge is 0.410 e. The van der Waals surface area contributed by atoms with Crippen molar-refractivity contribution in [2.75, 3.05) is 13.1 Å². The van der Waals surface area contributed by atoms with Gasteiger partial charge in [0.2, 0.25) is 0 Å². The van der Waals surface area contributed by atoms with Crippen LogP contribution in [0.1, 0.15) is 39.2 Å². The molecule has 5 heteroatoms. The van der Waals surface area contributed by atoms with E-state index in [1.165, 1.54) is 0 Å². The SMILES string of the molecule is CC(O)[C@@H]1CN(C(=O)OC(C)(C)C)C[C@H]1c1ccc(Cl)cc1. The molecule has 1 heterocycles. The number of benzene rings is 1. The van der Waals surface area contributed by atoms with E-state index in [9.17, 15) is 9.90 Å². The minimum absolute atomic E-state index is 0.00584. The highest BCUT2D eigenvalue weighted by Crippen LogP contribution is 2.35. The van der Waals surface area contributed by atoms with E-state index < -0.39 is 11.7 Å². The van der Waals surface area contributed by atoms with Crippen molar-refractivity contribution in [3.8, 4) is 0 Å². The van der Waals surface area contributed by atoms with Crippen LogP contribution in [0.25, 0.3) is 0 Å². The number of rotatable bonds is 2. The molecule has 0 bridgehead atoms. The van der Waals surface area contributed by atoms with Crippen molar-refractivity contribution in [1.82, 2.24) is 4.90 Å². The van der Waals surface area contributed by atoms with Gasteiger partial charge in [-0.2, -0.15) is 0 Å². The first kappa shape index (κ1) is 17.1. The first-order chi connectivity index (χ1) is 10.2. The maximum absolute atomic E-state index is 12.3. The lowest BCUT2D eigenvalue weighted by atomic mass is 9.86. The highest BCUT2D eigenvalue weighted by molar-refractivity contribution is 6.30. The molecule has 1 unspecified atom stereocenters. The summed E-state index contributed by atoms with van der Waals surface area (Å²) in [7, 11) is 0. The highest BCUT2D eigenvalue weighted by atomic mass is 35.5. The van der Waals surface area contributed by atoms with Gasteiger partial charge in [0.15, 0.2) is 0 Å². The summed E-state index contributed by atoms with van der Waals surface area (Å²) in [5.74, 6) is 0.0819. The molecule has 0 aliphatic carbocycles. The van der Waals surface area contributed by atoms with Crippen LogP contribution in [0.4, 0.5) is 4.79 Å². The highest BCUT2D eigenvalue weighted by Gasteiger charge is 2.40. The number of hydrogen-bond donors (Lipinski definition) is 1. The molecule has 1 amide bonds. The van der Waals surface area contributed by atoms with Crippen molar-refractivity contribution in [1.29, 1.82) is 0 Å². The van der Waals surface area contributed by atoms with Gasteiger partial charge in [0.25, 0.3) is 0 Å². The van der Waals surface area contributed by atoms with E-state index in [1.54, 1.807) is 11.8 Å². The fourth-order valence-electron chi connectivity index (χ4n) is 2.86. The number of ether oxygens (including phenoxy) is 1. The number of carbonyl (C=O) groups excluding carboxylic acids is 1. The Kier molecular flexibility index (Phi) is 5.03. The van der Waals surface area contributed by atoms with Crippen molar-refractivity contribution in [2.45, 2.75) is 45.3 Å². The summed E-state index contributed by atoms with van der Waals surface area (Å²) >= 11 is 5.94. The number of halogens is 1. The minimum Gasteiger partial charge on any atom is -0.444 e. The molecule has 3 atom stereocenters. The number of aliphatic hydroxyl groups is 1. The van der Waals surface area contributed by atoms with Crippen LogP contribution in [-0.4, -0.2) is 40.9 Å². The van der Waals surface area contributed by atoms with Gasteiger partial charge < -0.3 is 14.7 Å². The summed E-state index contributed by atoms with van der Waals surface area (Å²) in [6.07, 6.45) is -0.817. The Labute approximate surface area is 137 Å². The van der Waals surface area contributed by atoms with Crippen LogP contribution >= 0.6 is 11.6 Å². The summed E-state index contributed by atoms with van der Waals surface area (Å²) in [6, 6.07) is 7.60. The number of aliphatic hydroxyl groups excluding tert-OH is 1. The number of likely N-dealkylation sites (tertiary alicyclic amines) is 1. The van der Waals surface area contributed by atoms with E-state index in [2.05, 4.69) is 0 Å². The van der Waals surface area contributed by atoms with E-state index >= 15 is 0 Å². The van der Waals surface area contributed by atoms with Crippen molar-refractivity contribution in [3.05, 3.63) is 34.9 Å². The molecule has 122 valence electrons. The maximum atomic E-state index is 12.3. The van der Waals surface area contributed by atoms with E-state index in [0.717, 1.165) is 5.56 Å². The second kappa shape index (κ2) is 6.47. The summed E-state index contributed by atoms with van der Waals surface area (Å²) in [6.45, 7) is 8.37. The maximum Gasteiger partial charge on any atom is 0.410 e. The lowest BCUT2D eigenvalue weighted by Gasteiger charge is -2.24. The van der Waals surface area contributed by atoms with Crippen LogP contribution in [0.2, 0.25) is 5.02 Å². The number of nitrogens with zero attached hydrogens (tertiary/aromatic N) is 1. The molecular weight excluding hydrogens is 302 g/mol. The van der Waals surface area contributed by atoms with Gasteiger partial charge in [-0.25, -0.2) is 4.79 Å². The van der Waals surface area contributed by atoms with Crippen molar-refractivity contribution < 1.29 is 14.6 Å². The molecule has 0 aromatic heterocycles. The van der Waals surface area contributed by atoms with Gasteiger partial charge in [0.1, 0.15) is 5.60 Å². The molecule has 1 aromatic rings. The molecule has 1 saturated heterocycles. The molecule has 0 spiro atoms. The number of amides is 1. The Morgan fingerprint density at radius 3 is 2.41 bits per heavy atom.